The van der Waals surface area contributed by atoms with Crippen molar-refractivity contribution in [3.05, 3.63) is 11.6 Å². The summed E-state index contributed by atoms with van der Waals surface area (Å²) >= 11 is 0. The van der Waals surface area contributed by atoms with E-state index in [9.17, 15) is 9.90 Å². The number of esters is 1. The van der Waals surface area contributed by atoms with E-state index in [0.29, 0.717) is 5.57 Å². The van der Waals surface area contributed by atoms with Gasteiger partial charge in [0.2, 0.25) is 0 Å². The van der Waals surface area contributed by atoms with Gasteiger partial charge in [-0.1, -0.05) is 0 Å². The standard InChI is InChI=1S/C7H10O3/c1-4-3-6(8)10-5(2)7(4)9/h3,5,7,9H,1-2H3. The molecule has 3 nitrogen and oxygen atoms in total. The Morgan fingerprint density at radius 1 is 1.70 bits per heavy atom. The maximum atomic E-state index is 10.6. The Bertz CT molecular complexity index is 183. The first-order valence-electron chi connectivity index (χ1n) is 3.18. The molecule has 0 fully saturated rings. The topological polar surface area (TPSA) is 46.5 Å². The molecule has 0 aliphatic carbocycles. The van der Waals surface area contributed by atoms with Crippen molar-refractivity contribution >= 4 is 5.97 Å². The van der Waals surface area contributed by atoms with Gasteiger partial charge in [-0.05, 0) is 19.4 Å². The molecular formula is C7H10O3. The molecule has 2 unspecified atom stereocenters. The molecule has 0 saturated carbocycles. The van der Waals surface area contributed by atoms with Crippen molar-refractivity contribution in [2.45, 2.75) is 26.1 Å². The highest BCUT2D eigenvalue weighted by atomic mass is 16.6. The summed E-state index contributed by atoms with van der Waals surface area (Å²) < 4.78 is 4.70. The highest BCUT2D eigenvalue weighted by Gasteiger charge is 2.24. The van der Waals surface area contributed by atoms with Gasteiger partial charge in [-0.2, -0.15) is 0 Å². The maximum Gasteiger partial charge on any atom is 0.331 e. The van der Waals surface area contributed by atoms with Gasteiger partial charge in [0.25, 0.3) is 0 Å². The summed E-state index contributed by atoms with van der Waals surface area (Å²) in [5.41, 5.74) is 0.670. The van der Waals surface area contributed by atoms with Gasteiger partial charge >= 0.3 is 5.97 Å². The molecule has 56 valence electrons. The first-order chi connectivity index (χ1) is 4.61. The lowest BCUT2D eigenvalue weighted by Gasteiger charge is -2.23. The zero-order chi connectivity index (χ0) is 7.72. The van der Waals surface area contributed by atoms with E-state index in [2.05, 4.69) is 0 Å². The molecule has 2 atom stereocenters. The van der Waals surface area contributed by atoms with E-state index < -0.39 is 12.2 Å². The van der Waals surface area contributed by atoms with Crippen molar-refractivity contribution < 1.29 is 14.6 Å². The van der Waals surface area contributed by atoms with Crippen LogP contribution in [0.1, 0.15) is 13.8 Å². The van der Waals surface area contributed by atoms with Crippen LogP contribution in [0, 0.1) is 0 Å². The van der Waals surface area contributed by atoms with Crippen molar-refractivity contribution in [1.82, 2.24) is 0 Å². The van der Waals surface area contributed by atoms with Gasteiger partial charge in [0, 0.05) is 6.08 Å². The van der Waals surface area contributed by atoms with Gasteiger partial charge in [-0.15, -0.1) is 0 Å². The molecule has 0 aromatic carbocycles. The van der Waals surface area contributed by atoms with Crippen molar-refractivity contribution in [3.8, 4) is 0 Å². The van der Waals surface area contributed by atoms with Crippen LogP contribution in [0.2, 0.25) is 0 Å². The van der Waals surface area contributed by atoms with E-state index in [1.54, 1.807) is 13.8 Å². The van der Waals surface area contributed by atoms with Crippen LogP contribution in [0.4, 0.5) is 0 Å². The SMILES string of the molecule is CC1=CC(=O)OC(C)C1O. The van der Waals surface area contributed by atoms with Gasteiger partial charge in [0.05, 0.1) is 0 Å². The normalized spacial score (nSPS) is 33.1. The third-order valence-electron chi connectivity index (χ3n) is 1.56. The highest BCUT2D eigenvalue weighted by molar-refractivity contribution is 5.84. The average Bonchev–Trinajstić information content (AvgIpc) is 1.82. The summed E-state index contributed by atoms with van der Waals surface area (Å²) in [6.07, 6.45) is 0.278. The predicted octanol–water partition coefficient (Wildman–Crippen LogP) is 0.239. The van der Waals surface area contributed by atoms with Crippen molar-refractivity contribution in [1.29, 1.82) is 0 Å². The molecule has 1 aliphatic heterocycles. The van der Waals surface area contributed by atoms with Crippen LogP contribution < -0.4 is 0 Å². The Hall–Kier alpha value is -0.830. The van der Waals surface area contributed by atoms with E-state index in [-0.39, 0.29) is 5.97 Å². The lowest BCUT2D eigenvalue weighted by Crippen LogP contribution is -2.33. The fourth-order valence-electron chi connectivity index (χ4n) is 0.923. The molecule has 1 rings (SSSR count). The number of hydrogen-bond acceptors (Lipinski definition) is 3. The van der Waals surface area contributed by atoms with Gasteiger partial charge < -0.3 is 9.84 Å². The van der Waals surface area contributed by atoms with Crippen LogP contribution in [0.3, 0.4) is 0 Å². The van der Waals surface area contributed by atoms with Crippen LogP contribution in [-0.2, 0) is 9.53 Å². The third kappa shape index (κ3) is 1.19. The first-order valence-corrected chi connectivity index (χ1v) is 3.18. The zero-order valence-corrected chi connectivity index (χ0v) is 6.00. The summed E-state index contributed by atoms with van der Waals surface area (Å²) in [5, 5.41) is 9.22. The van der Waals surface area contributed by atoms with E-state index in [4.69, 9.17) is 4.74 Å². The Morgan fingerprint density at radius 3 is 2.80 bits per heavy atom. The molecular weight excluding hydrogens is 132 g/mol. The Balaban J connectivity index is 2.80. The van der Waals surface area contributed by atoms with Crippen LogP contribution >= 0.6 is 0 Å². The van der Waals surface area contributed by atoms with Crippen LogP contribution in [0.5, 0.6) is 0 Å². The van der Waals surface area contributed by atoms with E-state index in [1.165, 1.54) is 6.08 Å². The maximum absolute atomic E-state index is 10.6. The smallest absolute Gasteiger partial charge is 0.331 e. The van der Waals surface area contributed by atoms with E-state index >= 15 is 0 Å². The molecule has 0 aromatic rings. The minimum atomic E-state index is -0.627. The van der Waals surface area contributed by atoms with Crippen molar-refractivity contribution in [2.75, 3.05) is 0 Å². The number of hydrogen-bond donors (Lipinski definition) is 1. The van der Waals surface area contributed by atoms with Crippen molar-refractivity contribution in [3.63, 3.8) is 0 Å². The fourth-order valence-corrected chi connectivity index (χ4v) is 0.923. The molecule has 0 spiro atoms. The molecule has 0 radical (unpaired) electrons. The van der Waals surface area contributed by atoms with Gasteiger partial charge in [-0.3, -0.25) is 0 Å². The Morgan fingerprint density at radius 2 is 2.30 bits per heavy atom. The fraction of sp³-hybridized carbons (Fsp3) is 0.571. The lowest BCUT2D eigenvalue weighted by atomic mass is 10.1. The van der Waals surface area contributed by atoms with Crippen LogP contribution in [-0.4, -0.2) is 23.3 Å². The molecule has 10 heavy (non-hydrogen) atoms. The Kier molecular flexibility index (Phi) is 1.76. The van der Waals surface area contributed by atoms with Crippen LogP contribution in [0.15, 0.2) is 11.6 Å². The first kappa shape index (κ1) is 7.28. The third-order valence-corrected chi connectivity index (χ3v) is 1.56. The number of carbonyl (C=O) groups is 1. The zero-order valence-electron chi connectivity index (χ0n) is 6.00. The molecule has 0 aromatic heterocycles. The summed E-state index contributed by atoms with van der Waals surface area (Å²) in [6, 6.07) is 0. The minimum absolute atomic E-state index is 0.365. The number of cyclic esters (lactones) is 1. The quantitative estimate of drug-likeness (QED) is 0.493. The number of rotatable bonds is 0. The predicted molar refractivity (Wildman–Crippen MR) is 35.3 cm³/mol. The molecule has 1 N–H and O–H groups in total. The molecule has 1 heterocycles. The number of ether oxygens (including phenoxy) is 1. The molecule has 0 bridgehead atoms. The molecule has 1 aliphatic rings. The monoisotopic (exact) mass is 142 g/mol. The summed E-state index contributed by atoms with van der Waals surface area (Å²) in [5.74, 6) is -0.365. The second-order valence-corrected chi connectivity index (χ2v) is 2.48. The second-order valence-electron chi connectivity index (χ2n) is 2.48. The summed E-state index contributed by atoms with van der Waals surface area (Å²) in [4.78, 5) is 10.6. The molecule has 0 amide bonds. The average molecular weight is 142 g/mol. The van der Waals surface area contributed by atoms with E-state index in [0.717, 1.165) is 0 Å². The summed E-state index contributed by atoms with van der Waals surface area (Å²) in [6.45, 7) is 3.38. The van der Waals surface area contributed by atoms with Crippen LogP contribution in [0.25, 0.3) is 0 Å². The second kappa shape index (κ2) is 2.42. The largest absolute Gasteiger partial charge is 0.456 e. The van der Waals surface area contributed by atoms with E-state index in [1.807, 2.05) is 0 Å². The van der Waals surface area contributed by atoms with Crippen molar-refractivity contribution in [2.24, 2.45) is 0 Å². The number of carbonyl (C=O) groups excluding carboxylic acids is 1. The lowest BCUT2D eigenvalue weighted by molar-refractivity contribution is -0.148. The Labute approximate surface area is 59.3 Å². The highest BCUT2D eigenvalue weighted by Crippen LogP contribution is 2.14. The van der Waals surface area contributed by atoms with Gasteiger partial charge in [0.1, 0.15) is 12.2 Å². The minimum Gasteiger partial charge on any atom is -0.456 e. The van der Waals surface area contributed by atoms with Gasteiger partial charge in [0.15, 0.2) is 0 Å². The summed E-state index contributed by atoms with van der Waals surface area (Å²) in [7, 11) is 0. The number of aliphatic hydroxyl groups excluding tert-OH is 1. The molecule has 0 saturated heterocycles. The molecule has 3 heteroatoms. The number of aliphatic hydroxyl groups is 1. The van der Waals surface area contributed by atoms with Gasteiger partial charge in [-0.25, -0.2) is 4.79 Å².